The number of ether oxygens (including phenoxy) is 4. The van der Waals surface area contributed by atoms with E-state index >= 15 is 0 Å². The Morgan fingerprint density at radius 2 is 1.71 bits per heavy atom. The number of nitrogens with zero attached hydrogens (tertiary/aromatic N) is 3. The van der Waals surface area contributed by atoms with Gasteiger partial charge in [0, 0.05) is 24.7 Å². The third kappa shape index (κ3) is 5.47. The van der Waals surface area contributed by atoms with Gasteiger partial charge in [-0.05, 0) is 59.5 Å². The van der Waals surface area contributed by atoms with Gasteiger partial charge in [-0.1, -0.05) is 30.3 Å². The van der Waals surface area contributed by atoms with Gasteiger partial charge in [0.15, 0.2) is 11.5 Å². The monoisotopic (exact) mass is 567 g/mol. The highest BCUT2D eigenvalue weighted by Gasteiger charge is 2.35. The van der Waals surface area contributed by atoms with Gasteiger partial charge in [-0.3, -0.25) is 14.6 Å². The Balaban J connectivity index is 1.37. The standard InChI is InChI=1S/C33H33N3O6/c1-39-29-18-23-11-12-36-31(37)21-35(33(38)25-17-24-5-3-4-6-28(24)34-20-25)13-14-41-15-16-42-26-9-7-22(8-10-26)32(36)27(23)19-30(29)40-2/h3-10,17-20,32H,11-16,21H2,1-2H3. The predicted octanol–water partition coefficient (Wildman–Crippen LogP) is 4.28. The van der Waals surface area contributed by atoms with E-state index in [9.17, 15) is 9.59 Å². The van der Waals surface area contributed by atoms with E-state index < -0.39 is 0 Å². The zero-order valence-corrected chi connectivity index (χ0v) is 23.7. The van der Waals surface area contributed by atoms with E-state index in [1.165, 1.54) is 0 Å². The maximum Gasteiger partial charge on any atom is 0.255 e. The second-order valence-electron chi connectivity index (χ2n) is 10.3. The van der Waals surface area contributed by atoms with Crippen molar-refractivity contribution in [3.05, 3.63) is 95.2 Å². The van der Waals surface area contributed by atoms with Crippen molar-refractivity contribution in [1.82, 2.24) is 14.8 Å². The van der Waals surface area contributed by atoms with Crippen molar-refractivity contribution in [1.29, 1.82) is 0 Å². The molecule has 3 aliphatic rings. The number of rotatable bonds is 3. The topological polar surface area (TPSA) is 90.4 Å². The summed E-state index contributed by atoms with van der Waals surface area (Å²) in [6, 6.07) is 20.8. The molecule has 1 aromatic heterocycles. The smallest absolute Gasteiger partial charge is 0.255 e. The number of aromatic nitrogens is 1. The lowest BCUT2D eigenvalue weighted by molar-refractivity contribution is -0.134. The normalized spacial score (nSPS) is 17.5. The van der Waals surface area contributed by atoms with E-state index in [4.69, 9.17) is 18.9 Å². The summed E-state index contributed by atoms with van der Waals surface area (Å²) in [5.41, 5.74) is 4.22. The fourth-order valence-electron chi connectivity index (χ4n) is 5.69. The summed E-state index contributed by atoms with van der Waals surface area (Å²) < 4.78 is 22.9. The van der Waals surface area contributed by atoms with Crippen molar-refractivity contribution >= 4 is 22.7 Å². The van der Waals surface area contributed by atoms with Gasteiger partial charge in [-0.25, -0.2) is 0 Å². The lowest BCUT2D eigenvalue weighted by Crippen LogP contribution is -2.47. The highest BCUT2D eigenvalue weighted by atomic mass is 16.5. The van der Waals surface area contributed by atoms with Gasteiger partial charge >= 0.3 is 0 Å². The van der Waals surface area contributed by atoms with Crippen LogP contribution in [0.2, 0.25) is 0 Å². The Morgan fingerprint density at radius 3 is 2.52 bits per heavy atom. The van der Waals surface area contributed by atoms with Crippen molar-refractivity contribution < 1.29 is 28.5 Å². The molecule has 3 aliphatic heterocycles. The molecular formula is C33H33N3O6. The van der Waals surface area contributed by atoms with Crippen molar-refractivity contribution in [3.8, 4) is 17.2 Å². The van der Waals surface area contributed by atoms with Crippen molar-refractivity contribution in [2.75, 3.05) is 53.7 Å². The zero-order chi connectivity index (χ0) is 29.1. The van der Waals surface area contributed by atoms with Crippen LogP contribution in [-0.2, 0) is 16.0 Å². The maximum atomic E-state index is 14.1. The Bertz CT molecular complexity index is 1610. The first-order valence-electron chi connectivity index (χ1n) is 14.0. The van der Waals surface area contributed by atoms with Gasteiger partial charge in [-0.2, -0.15) is 0 Å². The SMILES string of the molecule is COc1cc2c(cc1OC)C1c3ccc(cc3)OCCOCCN(C(=O)c3cnc4ccccc4c3)CC(=O)N1CC2. The second-order valence-corrected chi connectivity index (χ2v) is 10.3. The van der Waals surface area contributed by atoms with Crippen LogP contribution in [0.1, 0.15) is 33.1 Å². The fraction of sp³-hybridized carbons (Fsp3) is 0.303. The highest BCUT2D eigenvalue weighted by Crippen LogP contribution is 2.41. The van der Waals surface area contributed by atoms with Gasteiger partial charge in [-0.15, -0.1) is 0 Å². The van der Waals surface area contributed by atoms with Gasteiger partial charge in [0.25, 0.3) is 5.91 Å². The fourth-order valence-corrected chi connectivity index (χ4v) is 5.69. The first-order chi connectivity index (χ1) is 20.6. The number of para-hydroxylation sites is 1. The van der Waals surface area contributed by atoms with Gasteiger partial charge < -0.3 is 28.7 Å². The summed E-state index contributed by atoms with van der Waals surface area (Å²) in [5.74, 6) is 1.55. The molecule has 2 bridgehead atoms. The van der Waals surface area contributed by atoms with Crippen LogP contribution in [0.5, 0.6) is 17.2 Å². The van der Waals surface area contributed by atoms with E-state index in [1.54, 1.807) is 25.3 Å². The molecule has 1 atom stereocenters. The summed E-state index contributed by atoms with van der Waals surface area (Å²) in [5, 5.41) is 0.863. The van der Waals surface area contributed by atoms with Gasteiger partial charge in [0.05, 0.1) is 44.6 Å². The molecule has 0 N–H and O–H groups in total. The number of hydrogen-bond acceptors (Lipinski definition) is 7. The number of carbonyl (C=O) groups excluding carboxylic acids is 2. The highest BCUT2D eigenvalue weighted by molar-refractivity contribution is 5.99. The van der Waals surface area contributed by atoms with Crippen LogP contribution < -0.4 is 14.2 Å². The molecule has 42 heavy (non-hydrogen) atoms. The molecule has 7 rings (SSSR count). The minimum atomic E-state index is -0.379. The maximum absolute atomic E-state index is 14.1. The van der Waals surface area contributed by atoms with E-state index in [0.29, 0.717) is 43.2 Å². The van der Waals surface area contributed by atoms with Crippen molar-refractivity contribution in [2.45, 2.75) is 12.5 Å². The summed E-state index contributed by atoms with van der Waals surface area (Å²) in [4.78, 5) is 35.8. The summed E-state index contributed by atoms with van der Waals surface area (Å²) in [6.07, 6.45) is 2.21. The number of benzene rings is 3. The Hall–Kier alpha value is -4.63. The Kier molecular flexibility index (Phi) is 7.92. The molecule has 3 aromatic carbocycles. The average molecular weight is 568 g/mol. The lowest BCUT2D eigenvalue weighted by atomic mass is 9.87. The van der Waals surface area contributed by atoms with Gasteiger partial charge in [0.2, 0.25) is 5.91 Å². The molecule has 0 spiro atoms. The number of fused-ring (bicyclic) bond motifs is 12. The van der Waals surface area contributed by atoms with E-state index in [-0.39, 0.29) is 37.6 Å². The molecule has 216 valence electrons. The molecule has 9 nitrogen and oxygen atoms in total. The molecule has 9 heteroatoms. The zero-order valence-electron chi connectivity index (χ0n) is 23.7. The number of carbonyl (C=O) groups is 2. The van der Waals surface area contributed by atoms with Crippen molar-refractivity contribution in [3.63, 3.8) is 0 Å². The van der Waals surface area contributed by atoms with Crippen LogP contribution >= 0.6 is 0 Å². The second kappa shape index (κ2) is 12.1. The van der Waals surface area contributed by atoms with Crippen LogP contribution in [-0.4, -0.2) is 80.3 Å². The molecule has 4 heterocycles. The number of amides is 2. The summed E-state index contributed by atoms with van der Waals surface area (Å²) in [6.45, 7) is 1.64. The quantitative estimate of drug-likeness (QED) is 0.342. The largest absolute Gasteiger partial charge is 0.493 e. The molecule has 0 saturated heterocycles. The molecule has 4 aromatic rings. The first kappa shape index (κ1) is 27.5. The van der Waals surface area contributed by atoms with Crippen LogP contribution in [0.15, 0.2) is 72.9 Å². The van der Waals surface area contributed by atoms with Crippen LogP contribution in [0.25, 0.3) is 10.9 Å². The minimum Gasteiger partial charge on any atom is -0.493 e. The van der Waals surface area contributed by atoms with Crippen LogP contribution in [0.3, 0.4) is 0 Å². The van der Waals surface area contributed by atoms with Crippen LogP contribution in [0, 0.1) is 0 Å². The van der Waals surface area contributed by atoms with E-state index in [1.807, 2.05) is 71.6 Å². The third-order valence-electron chi connectivity index (χ3n) is 7.84. The predicted molar refractivity (Wildman–Crippen MR) is 157 cm³/mol. The van der Waals surface area contributed by atoms with Gasteiger partial charge in [0.1, 0.15) is 18.9 Å². The number of hydrogen-bond donors (Lipinski definition) is 0. The molecule has 0 radical (unpaired) electrons. The molecular weight excluding hydrogens is 534 g/mol. The number of methoxy groups -OCH3 is 2. The summed E-state index contributed by atoms with van der Waals surface area (Å²) >= 11 is 0. The lowest BCUT2D eigenvalue weighted by Gasteiger charge is -2.39. The van der Waals surface area contributed by atoms with Crippen LogP contribution in [0.4, 0.5) is 0 Å². The summed E-state index contributed by atoms with van der Waals surface area (Å²) in [7, 11) is 3.22. The first-order valence-corrected chi connectivity index (χ1v) is 14.0. The Morgan fingerprint density at radius 1 is 0.929 bits per heavy atom. The Labute approximate surface area is 244 Å². The van der Waals surface area contributed by atoms with E-state index in [0.717, 1.165) is 33.3 Å². The minimum absolute atomic E-state index is 0.0945. The molecule has 0 saturated carbocycles. The molecule has 2 amide bonds. The van der Waals surface area contributed by atoms with E-state index in [2.05, 4.69) is 4.98 Å². The molecule has 0 aliphatic carbocycles. The average Bonchev–Trinajstić information content (AvgIpc) is 3.04. The molecule has 0 fully saturated rings. The molecule has 1 unspecified atom stereocenters. The third-order valence-corrected chi connectivity index (χ3v) is 7.84. The number of pyridine rings is 1. The van der Waals surface area contributed by atoms with Crippen molar-refractivity contribution in [2.24, 2.45) is 0 Å².